The zero-order valence-electron chi connectivity index (χ0n) is 31.8. The van der Waals surface area contributed by atoms with E-state index in [0.717, 1.165) is 52.2 Å². The number of fused-ring (bicyclic) bond motifs is 3. The molecule has 0 amide bonds. The normalized spacial score (nSPS) is 12.7. The van der Waals surface area contributed by atoms with Crippen LogP contribution in [0.15, 0.2) is 188 Å². The van der Waals surface area contributed by atoms with Crippen LogP contribution in [0.25, 0.3) is 56.8 Å². The largest absolute Gasteiger partial charge is 0.310 e. The van der Waals surface area contributed by atoms with E-state index in [2.05, 4.69) is 211 Å². The molecule has 0 saturated heterocycles. The summed E-state index contributed by atoms with van der Waals surface area (Å²) < 4.78 is 0. The van der Waals surface area contributed by atoms with Crippen LogP contribution in [-0.4, -0.2) is 9.97 Å². The van der Waals surface area contributed by atoms with Crippen molar-refractivity contribution in [2.24, 2.45) is 0 Å². The van der Waals surface area contributed by atoms with Gasteiger partial charge in [-0.15, -0.1) is 0 Å². The van der Waals surface area contributed by atoms with E-state index in [-0.39, 0.29) is 5.41 Å². The summed E-state index contributed by atoms with van der Waals surface area (Å²) in [6.45, 7) is 4.69. The molecule has 0 N–H and O–H groups in total. The molecule has 3 heteroatoms. The van der Waals surface area contributed by atoms with Crippen LogP contribution in [-0.2, 0) is 5.41 Å². The van der Waals surface area contributed by atoms with Gasteiger partial charge in [0.15, 0.2) is 0 Å². The molecule has 0 spiro atoms. The molecule has 3 nitrogen and oxygen atoms in total. The summed E-state index contributed by atoms with van der Waals surface area (Å²) in [5.74, 6) is 0. The van der Waals surface area contributed by atoms with Gasteiger partial charge in [0.2, 0.25) is 0 Å². The van der Waals surface area contributed by atoms with Crippen molar-refractivity contribution in [3.63, 3.8) is 0 Å². The Hall–Kier alpha value is -6.84. The van der Waals surface area contributed by atoms with Gasteiger partial charge in [-0.3, -0.25) is 9.97 Å². The predicted octanol–water partition coefficient (Wildman–Crippen LogP) is 14.2. The maximum absolute atomic E-state index is 4.67. The van der Waals surface area contributed by atoms with Gasteiger partial charge in [0.1, 0.15) is 0 Å². The lowest BCUT2D eigenvalue weighted by molar-refractivity contribution is 0.490. The van der Waals surface area contributed by atoms with E-state index in [1.54, 1.807) is 12.4 Å². The standard InChI is InChI=1S/C53H43N3/c1-3-53(4-2)49-35-39(27-31-46(49)47-32-30-44(36-50(47)53)56(42-17-10-6-11-18-42)43-19-12-7-13-20-43)24-23-38-25-28-41(29-26-38)52-45(40-15-8-5-9-16-40)21-14-22-48(52)51-37-54-33-34-55-51/h5-37H,3-4H2,1-2H3/b24-23+. The van der Waals surface area contributed by atoms with E-state index in [0.29, 0.717) is 0 Å². The molecule has 0 aliphatic heterocycles. The van der Waals surface area contributed by atoms with E-state index < -0.39 is 0 Å². The molecule has 1 aliphatic rings. The fourth-order valence-corrected chi connectivity index (χ4v) is 8.68. The van der Waals surface area contributed by atoms with Crippen LogP contribution in [0.5, 0.6) is 0 Å². The molecule has 1 aromatic heterocycles. The Kier molecular flexibility index (Phi) is 9.42. The molecule has 0 radical (unpaired) electrons. The van der Waals surface area contributed by atoms with Crippen molar-refractivity contribution < 1.29 is 0 Å². The zero-order valence-corrected chi connectivity index (χ0v) is 31.8. The molecule has 56 heavy (non-hydrogen) atoms. The number of benzene rings is 7. The van der Waals surface area contributed by atoms with Crippen molar-refractivity contribution >= 4 is 29.2 Å². The highest BCUT2D eigenvalue weighted by atomic mass is 15.1. The van der Waals surface area contributed by atoms with E-state index in [1.165, 1.54) is 44.6 Å². The van der Waals surface area contributed by atoms with Gasteiger partial charge in [-0.2, -0.15) is 0 Å². The maximum Gasteiger partial charge on any atom is 0.0891 e. The molecule has 0 saturated carbocycles. The molecule has 0 fully saturated rings. The summed E-state index contributed by atoms with van der Waals surface area (Å²) in [5, 5.41) is 0. The highest BCUT2D eigenvalue weighted by Gasteiger charge is 2.41. The van der Waals surface area contributed by atoms with Crippen LogP contribution in [0.4, 0.5) is 17.1 Å². The van der Waals surface area contributed by atoms with Crippen LogP contribution >= 0.6 is 0 Å². The fourth-order valence-electron chi connectivity index (χ4n) is 8.68. The van der Waals surface area contributed by atoms with Gasteiger partial charge >= 0.3 is 0 Å². The first kappa shape index (κ1) is 34.9. The Morgan fingerprint density at radius 2 is 1.07 bits per heavy atom. The van der Waals surface area contributed by atoms with Crippen LogP contribution in [0, 0.1) is 0 Å². The highest BCUT2D eigenvalue weighted by molar-refractivity contribution is 5.94. The van der Waals surface area contributed by atoms with Crippen molar-refractivity contribution in [1.29, 1.82) is 0 Å². The Morgan fingerprint density at radius 1 is 0.482 bits per heavy atom. The Labute approximate surface area is 330 Å². The molecule has 0 atom stereocenters. The van der Waals surface area contributed by atoms with Crippen LogP contribution in [0.2, 0.25) is 0 Å². The molecule has 1 heterocycles. The van der Waals surface area contributed by atoms with Gasteiger partial charge in [0, 0.05) is 40.4 Å². The van der Waals surface area contributed by atoms with Crippen molar-refractivity contribution in [1.82, 2.24) is 9.97 Å². The van der Waals surface area contributed by atoms with E-state index in [9.17, 15) is 0 Å². The van der Waals surface area contributed by atoms with Crippen LogP contribution in [0.1, 0.15) is 48.9 Å². The number of para-hydroxylation sites is 2. The summed E-state index contributed by atoms with van der Waals surface area (Å²) >= 11 is 0. The van der Waals surface area contributed by atoms with Crippen LogP contribution in [0.3, 0.4) is 0 Å². The first-order valence-electron chi connectivity index (χ1n) is 19.6. The number of aromatic nitrogens is 2. The third-order valence-corrected chi connectivity index (χ3v) is 11.5. The minimum atomic E-state index is -0.0712. The Bertz CT molecular complexity index is 2530. The molecule has 8 aromatic rings. The lowest BCUT2D eigenvalue weighted by atomic mass is 9.73. The summed E-state index contributed by atoms with van der Waals surface area (Å²) in [5.41, 5.74) is 17.9. The lowest BCUT2D eigenvalue weighted by Gasteiger charge is -2.32. The maximum atomic E-state index is 4.67. The first-order valence-corrected chi connectivity index (χ1v) is 19.6. The van der Waals surface area contributed by atoms with Gasteiger partial charge in [0.05, 0.1) is 11.9 Å². The lowest BCUT2D eigenvalue weighted by Crippen LogP contribution is -2.23. The minimum absolute atomic E-state index is 0.0712. The second-order valence-electron chi connectivity index (χ2n) is 14.5. The molecule has 270 valence electrons. The van der Waals surface area contributed by atoms with Crippen molar-refractivity contribution in [3.05, 3.63) is 211 Å². The fraction of sp³-hybridized carbons (Fsp3) is 0.0943. The van der Waals surface area contributed by atoms with Crippen molar-refractivity contribution in [2.45, 2.75) is 32.1 Å². The molecule has 9 rings (SSSR count). The average molecular weight is 722 g/mol. The molecular weight excluding hydrogens is 679 g/mol. The Morgan fingerprint density at radius 3 is 1.71 bits per heavy atom. The SMILES string of the molecule is CCC1(CC)c2cc(/C=C/c3ccc(-c4c(-c5ccccc5)cccc4-c4cnccn4)cc3)ccc2-c2ccc(N(c3ccccc3)c3ccccc3)cc21. The molecule has 1 aliphatic carbocycles. The summed E-state index contributed by atoms with van der Waals surface area (Å²) in [4.78, 5) is 11.4. The van der Waals surface area contributed by atoms with Gasteiger partial charge < -0.3 is 4.90 Å². The third kappa shape index (κ3) is 6.31. The monoisotopic (exact) mass is 721 g/mol. The van der Waals surface area contributed by atoms with E-state index in [4.69, 9.17) is 0 Å². The molecule has 7 aromatic carbocycles. The number of nitrogens with zero attached hydrogens (tertiary/aromatic N) is 3. The summed E-state index contributed by atoms with van der Waals surface area (Å²) in [6.07, 6.45) is 11.9. The third-order valence-electron chi connectivity index (χ3n) is 11.5. The average Bonchev–Trinajstić information content (AvgIpc) is 3.55. The summed E-state index contributed by atoms with van der Waals surface area (Å²) in [6, 6.07) is 61.4. The number of hydrogen-bond acceptors (Lipinski definition) is 3. The number of anilines is 3. The first-order chi connectivity index (χ1) is 27.7. The quantitative estimate of drug-likeness (QED) is 0.132. The van der Waals surface area contributed by atoms with Gasteiger partial charge in [0.25, 0.3) is 0 Å². The van der Waals surface area contributed by atoms with E-state index in [1.807, 2.05) is 6.20 Å². The molecule has 0 unspecified atom stereocenters. The minimum Gasteiger partial charge on any atom is -0.310 e. The van der Waals surface area contributed by atoms with Gasteiger partial charge in [-0.25, -0.2) is 0 Å². The highest BCUT2D eigenvalue weighted by Crippen LogP contribution is 2.54. The number of hydrogen-bond donors (Lipinski definition) is 0. The van der Waals surface area contributed by atoms with Crippen molar-refractivity contribution in [2.75, 3.05) is 4.90 Å². The second kappa shape index (κ2) is 15.1. The number of rotatable bonds is 10. The van der Waals surface area contributed by atoms with Crippen molar-refractivity contribution in [3.8, 4) is 44.6 Å². The summed E-state index contributed by atoms with van der Waals surface area (Å²) in [7, 11) is 0. The topological polar surface area (TPSA) is 29.0 Å². The Balaban J connectivity index is 1.04. The van der Waals surface area contributed by atoms with Gasteiger partial charge in [-0.05, 0) is 105 Å². The smallest absolute Gasteiger partial charge is 0.0891 e. The van der Waals surface area contributed by atoms with E-state index >= 15 is 0 Å². The molecule has 0 bridgehead atoms. The predicted molar refractivity (Wildman–Crippen MR) is 235 cm³/mol. The molecular formula is C53H43N3. The van der Waals surface area contributed by atoms with Crippen LogP contribution < -0.4 is 4.90 Å². The van der Waals surface area contributed by atoms with Gasteiger partial charge in [-0.1, -0.05) is 159 Å². The zero-order chi connectivity index (χ0) is 37.9. The second-order valence-corrected chi connectivity index (χ2v) is 14.5.